The third-order valence-electron chi connectivity index (χ3n) is 2.29. The predicted octanol–water partition coefficient (Wildman–Crippen LogP) is 1.92. The van der Waals surface area contributed by atoms with Crippen LogP contribution in [0.3, 0.4) is 0 Å². The van der Waals surface area contributed by atoms with Gasteiger partial charge in [0.25, 0.3) is 5.95 Å². The number of tetrazole rings is 1. The number of ether oxygens (including phenoxy) is 1. The second-order valence-electron chi connectivity index (χ2n) is 3.59. The lowest BCUT2D eigenvalue weighted by atomic mass is 10.2. The zero-order valence-corrected chi connectivity index (χ0v) is 13.3. The molecule has 19 heavy (non-hydrogen) atoms. The Kier molecular flexibility index (Phi) is 4.59. The van der Waals surface area contributed by atoms with E-state index in [0.717, 1.165) is 20.3 Å². The summed E-state index contributed by atoms with van der Waals surface area (Å²) in [6.07, 6.45) is 0. The fraction of sp³-hybridized carbons (Fsp3) is 0.300. The topological polar surface area (TPSA) is 90.9 Å². The van der Waals surface area contributed by atoms with Crippen LogP contribution in [-0.2, 0) is 6.54 Å². The zero-order valence-electron chi connectivity index (χ0n) is 10.1. The minimum absolute atomic E-state index is 0.201. The highest BCUT2D eigenvalue weighted by atomic mass is 79.9. The third-order valence-corrected chi connectivity index (χ3v) is 3.33. The van der Waals surface area contributed by atoms with E-state index in [9.17, 15) is 0 Å². The van der Waals surface area contributed by atoms with Crippen LogP contribution in [0.25, 0.3) is 0 Å². The molecule has 0 aliphatic heterocycles. The fourth-order valence-corrected chi connectivity index (χ4v) is 2.95. The highest BCUT2D eigenvalue weighted by molar-refractivity contribution is 9.11. The Morgan fingerprint density at radius 3 is 2.84 bits per heavy atom. The van der Waals surface area contributed by atoms with Gasteiger partial charge in [-0.2, -0.15) is 0 Å². The molecule has 0 atom stereocenters. The summed E-state index contributed by atoms with van der Waals surface area (Å²) in [4.78, 5) is 1.31. The molecule has 0 amide bonds. The van der Waals surface area contributed by atoms with Crippen LogP contribution >= 0.6 is 31.9 Å². The number of nitrogen functional groups attached to an aromatic ring is 1. The Labute approximate surface area is 126 Å². The highest BCUT2D eigenvalue weighted by Crippen LogP contribution is 2.33. The molecule has 0 aliphatic rings. The van der Waals surface area contributed by atoms with Crippen molar-refractivity contribution in [1.82, 2.24) is 20.3 Å². The zero-order chi connectivity index (χ0) is 13.8. The summed E-state index contributed by atoms with van der Waals surface area (Å²) in [5.74, 6) is 0.983. The molecule has 0 spiro atoms. The number of benzene rings is 1. The molecule has 0 saturated carbocycles. The van der Waals surface area contributed by atoms with E-state index < -0.39 is 0 Å². The largest absolute Gasteiger partial charge is 0.492 e. The van der Waals surface area contributed by atoms with Gasteiger partial charge >= 0.3 is 0 Å². The Morgan fingerprint density at radius 1 is 1.42 bits per heavy atom. The number of hydrogen-bond donors (Lipinski definition) is 2. The number of nitrogens with two attached hydrogens (primary N) is 1. The molecular weight excluding hydrogens is 380 g/mol. The van der Waals surface area contributed by atoms with Crippen molar-refractivity contribution in [2.75, 3.05) is 17.8 Å². The fourth-order valence-electron chi connectivity index (χ4n) is 1.52. The van der Waals surface area contributed by atoms with E-state index in [1.54, 1.807) is 0 Å². The van der Waals surface area contributed by atoms with E-state index in [1.807, 2.05) is 19.1 Å². The average Bonchev–Trinajstić information content (AvgIpc) is 2.76. The van der Waals surface area contributed by atoms with Gasteiger partial charge in [0.05, 0.1) is 17.6 Å². The number of rotatable bonds is 5. The molecule has 9 heteroatoms. The summed E-state index contributed by atoms with van der Waals surface area (Å²) < 4.78 is 7.45. The van der Waals surface area contributed by atoms with Crippen LogP contribution < -0.4 is 15.9 Å². The number of hydrogen-bond acceptors (Lipinski definition) is 6. The monoisotopic (exact) mass is 390 g/mol. The van der Waals surface area contributed by atoms with Crippen LogP contribution in [-0.4, -0.2) is 26.9 Å². The Balaban J connectivity index is 2.21. The smallest absolute Gasteiger partial charge is 0.260 e. The molecule has 1 aromatic carbocycles. The Morgan fingerprint density at radius 2 is 2.21 bits per heavy atom. The molecule has 2 aromatic rings. The van der Waals surface area contributed by atoms with E-state index in [2.05, 4.69) is 52.8 Å². The van der Waals surface area contributed by atoms with Crippen LogP contribution in [0, 0.1) is 0 Å². The van der Waals surface area contributed by atoms with Gasteiger partial charge < -0.3 is 15.9 Å². The molecule has 0 aliphatic carbocycles. The maximum Gasteiger partial charge on any atom is 0.260 e. The van der Waals surface area contributed by atoms with Crippen LogP contribution in [0.2, 0.25) is 0 Å². The molecule has 7 nitrogen and oxygen atoms in total. The standard InChI is InChI=1S/C10H12Br2N6O/c1-2-19-9-6(3-7(11)4-8(9)12)5-14-18-10(13)15-16-17-18/h3-4,14H,2,5H2,1H3,(H2,13,15,17). The van der Waals surface area contributed by atoms with Gasteiger partial charge in [0, 0.05) is 10.0 Å². The minimum atomic E-state index is 0.201. The quantitative estimate of drug-likeness (QED) is 0.809. The van der Waals surface area contributed by atoms with Gasteiger partial charge in [0.15, 0.2) is 0 Å². The molecule has 0 fully saturated rings. The molecular formula is C10H12Br2N6O. The van der Waals surface area contributed by atoms with Gasteiger partial charge in [-0.25, -0.2) is 0 Å². The van der Waals surface area contributed by atoms with Crippen molar-refractivity contribution >= 4 is 37.8 Å². The second-order valence-corrected chi connectivity index (χ2v) is 5.36. The summed E-state index contributed by atoms with van der Waals surface area (Å²) in [5, 5.41) is 10.8. The molecule has 1 heterocycles. The molecule has 0 saturated heterocycles. The van der Waals surface area contributed by atoms with Gasteiger partial charge in [-0.1, -0.05) is 21.0 Å². The SMILES string of the molecule is CCOc1c(Br)cc(Br)cc1CNn1nnnc1N. The third kappa shape index (κ3) is 3.35. The van der Waals surface area contributed by atoms with E-state index >= 15 is 0 Å². The van der Waals surface area contributed by atoms with Crippen molar-refractivity contribution < 1.29 is 4.74 Å². The van der Waals surface area contributed by atoms with E-state index in [-0.39, 0.29) is 5.95 Å². The lowest BCUT2D eigenvalue weighted by Gasteiger charge is -2.14. The summed E-state index contributed by atoms with van der Waals surface area (Å²) in [7, 11) is 0. The maximum absolute atomic E-state index is 5.62. The number of halogens is 2. The van der Waals surface area contributed by atoms with E-state index in [4.69, 9.17) is 10.5 Å². The summed E-state index contributed by atoms with van der Waals surface area (Å²) in [6.45, 7) is 2.99. The van der Waals surface area contributed by atoms with Crippen molar-refractivity contribution in [3.63, 3.8) is 0 Å². The average molecular weight is 392 g/mol. The normalized spacial score (nSPS) is 10.5. The van der Waals surface area contributed by atoms with Crippen molar-refractivity contribution in [3.8, 4) is 5.75 Å². The van der Waals surface area contributed by atoms with Gasteiger partial charge in [-0.15, -0.1) is 4.79 Å². The van der Waals surface area contributed by atoms with Gasteiger partial charge in [0.2, 0.25) is 0 Å². The first-order valence-electron chi connectivity index (χ1n) is 5.50. The number of aromatic nitrogens is 4. The number of anilines is 1. The van der Waals surface area contributed by atoms with Crippen molar-refractivity contribution in [2.24, 2.45) is 0 Å². The molecule has 102 valence electrons. The van der Waals surface area contributed by atoms with E-state index in [0.29, 0.717) is 13.2 Å². The van der Waals surface area contributed by atoms with Gasteiger partial charge in [-0.05, 0) is 45.4 Å². The van der Waals surface area contributed by atoms with Crippen molar-refractivity contribution in [1.29, 1.82) is 0 Å². The molecule has 1 aromatic heterocycles. The first kappa shape index (κ1) is 14.1. The molecule has 0 radical (unpaired) electrons. The molecule has 0 bridgehead atoms. The Hall–Kier alpha value is -1.35. The first-order chi connectivity index (χ1) is 9.11. The van der Waals surface area contributed by atoms with Crippen LogP contribution in [0.4, 0.5) is 5.95 Å². The van der Waals surface area contributed by atoms with Crippen molar-refractivity contribution in [2.45, 2.75) is 13.5 Å². The molecule has 2 rings (SSSR count). The van der Waals surface area contributed by atoms with Gasteiger partial charge in [0.1, 0.15) is 5.75 Å². The highest BCUT2D eigenvalue weighted by Gasteiger charge is 2.10. The summed E-state index contributed by atoms with van der Waals surface area (Å²) in [5.41, 5.74) is 9.53. The maximum atomic E-state index is 5.62. The van der Waals surface area contributed by atoms with Crippen LogP contribution in [0.5, 0.6) is 5.75 Å². The Bertz CT molecular complexity index is 573. The van der Waals surface area contributed by atoms with Crippen molar-refractivity contribution in [3.05, 3.63) is 26.6 Å². The first-order valence-corrected chi connectivity index (χ1v) is 7.09. The van der Waals surface area contributed by atoms with Crippen LogP contribution in [0.15, 0.2) is 21.1 Å². The number of nitrogens with zero attached hydrogens (tertiary/aromatic N) is 4. The predicted molar refractivity (Wildman–Crippen MR) is 78.3 cm³/mol. The minimum Gasteiger partial charge on any atom is -0.492 e. The second kappa shape index (κ2) is 6.20. The lowest BCUT2D eigenvalue weighted by Crippen LogP contribution is -2.19. The lowest BCUT2D eigenvalue weighted by molar-refractivity contribution is 0.334. The summed E-state index contributed by atoms with van der Waals surface area (Å²) in [6, 6.07) is 3.89. The van der Waals surface area contributed by atoms with Gasteiger partial charge in [-0.3, -0.25) is 0 Å². The van der Waals surface area contributed by atoms with Crippen LogP contribution in [0.1, 0.15) is 12.5 Å². The molecule has 3 N–H and O–H groups in total. The molecule has 0 unspecified atom stereocenters. The summed E-state index contributed by atoms with van der Waals surface area (Å²) >= 11 is 6.92. The van der Waals surface area contributed by atoms with E-state index in [1.165, 1.54) is 4.79 Å². The number of nitrogens with one attached hydrogen (secondary N) is 1.